The number of para-hydroxylation sites is 1. The molecule has 7 heteroatoms. The van der Waals surface area contributed by atoms with Crippen molar-refractivity contribution in [1.29, 1.82) is 0 Å². The van der Waals surface area contributed by atoms with Gasteiger partial charge in [-0.05, 0) is 29.8 Å². The molecule has 0 bridgehead atoms. The molecule has 1 heterocycles. The molecule has 3 rings (SSSR count). The van der Waals surface area contributed by atoms with Gasteiger partial charge in [-0.1, -0.05) is 12.1 Å². The van der Waals surface area contributed by atoms with Crippen LogP contribution in [0.4, 0.5) is 10.8 Å². The number of hydrogen-bond donors (Lipinski definition) is 1. The van der Waals surface area contributed by atoms with Gasteiger partial charge in [-0.15, -0.1) is 11.3 Å². The Morgan fingerprint density at radius 1 is 1.17 bits per heavy atom. The van der Waals surface area contributed by atoms with Crippen molar-refractivity contribution >= 4 is 22.2 Å². The molecule has 2 aromatic carbocycles. The van der Waals surface area contributed by atoms with Gasteiger partial charge < -0.3 is 10.5 Å². The van der Waals surface area contributed by atoms with E-state index in [1.807, 2.05) is 29.6 Å². The summed E-state index contributed by atoms with van der Waals surface area (Å²) in [6.45, 7) is 0.314. The number of aromatic nitrogens is 1. The summed E-state index contributed by atoms with van der Waals surface area (Å²) in [4.78, 5) is 14.5. The molecule has 6 nitrogen and oxygen atoms in total. The Balaban J connectivity index is 1.77. The predicted molar refractivity (Wildman–Crippen MR) is 89.4 cm³/mol. The maximum absolute atomic E-state index is 10.7. The summed E-state index contributed by atoms with van der Waals surface area (Å²) in [5.74, 6) is 0.691. The molecule has 0 radical (unpaired) electrons. The number of nitrogen functional groups attached to an aromatic ring is 1. The molecule has 0 unspecified atom stereocenters. The van der Waals surface area contributed by atoms with E-state index >= 15 is 0 Å². The van der Waals surface area contributed by atoms with E-state index < -0.39 is 4.92 Å². The Labute approximate surface area is 136 Å². The highest BCUT2D eigenvalue weighted by molar-refractivity contribution is 7.13. The van der Waals surface area contributed by atoms with Gasteiger partial charge in [-0.3, -0.25) is 10.1 Å². The number of non-ortho nitro benzene ring substituents is 1. The van der Waals surface area contributed by atoms with Gasteiger partial charge in [0.05, 0.1) is 10.6 Å². The molecule has 0 aliphatic heterocycles. The fraction of sp³-hybridized carbons (Fsp3) is 0.0625. The highest BCUT2D eigenvalue weighted by Crippen LogP contribution is 2.31. The second-order valence-corrected chi connectivity index (χ2v) is 5.67. The summed E-state index contributed by atoms with van der Waals surface area (Å²) >= 11 is 1.37. The Morgan fingerprint density at radius 3 is 2.57 bits per heavy atom. The van der Waals surface area contributed by atoms with Gasteiger partial charge in [0, 0.05) is 23.1 Å². The van der Waals surface area contributed by atoms with Crippen LogP contribution in [-0.4, -0.2) is 9.91 Å². The summed E-state index contributed by atoms with van der Waals surface area (Å²) in [6, 6.07) is 13.9. The topological polar surface area (TPSA) is 91.3 Å². The van der Waals surface area contributed by atoms with Crippen molar-refractivity contribution in [2.24, 2.45) is 0 Å². The number of benzene rings is 2. The van der Waals surface area contributed by atoms with Crippen LogP contribution in [0.3, 0.4) is 0 Å². The molecule has 0 saturated carbocycles. The monoisotopic (exact) mass is 327 g/mol. The van der Waals surface area contributed by atoms with Gasteiger partial charge >= 0.3 is 0 Å². The number of anilines is 1. The summed E-state index contributed by atoms with van der Waals surface area (Å²) in [5.41, 5.74) is 8.23. The van der Waals surface area contributed by atoms with E-state index in [0.29, 0.717) is 17.5 Å². The quantitative estimate of drug-likeness (QED) is 0.567. The van der Waals surface area contributed by atoms with Gasteiger partial charge in [0.2, 0.25) is 0 Å². The first kappa shape index (κ1) is 15.0. The van der Waals surface area contributed by atoms with Crippen LogP contribution in [0.5, 0.6) is 5.75 Å². The van der Waals surface area contributed by atoms with E-state index in [-0.39, 0.29) is 5.69 Å². The van der Waals surface area contributed by atoms with Crippen molar-refractivity contribution < 1.29 is 9.66 Å². The number of ether oxygens (including phenoxy) is 1. The molecular formula is C16H13N3O3S. The highest BCUT2D eigenvalue weighted by Gasteiger charge is 2.10. The van der Waals surface area contributed by atoms with Crippen molar-refractivity contribution in [2.75, 3.05) is 5.73 Å². The molecule has 0 aliphatic carbocycles. The van der Waals surface area contributed by atoms with Crippen molar-refractivity contribution in [3.63, 3.8) is 0 Å². The standard InChI is InChI=1S/C16H13N3O3S/c17-16-18-14(10-23-16)13-3-1-2-4-15(13)22-9-11-5-7-12(8-6-11)19(20)21/h1-8,10H,9H2,(H2,17,18). The summed E-state index contributed by atoms with van der Waals surface area (Å²) < 4.78 is 5.84. The average Bonchev–Trinajstić information content (AvgIpc) is 3.00. The van der Waals surface area contributed by atoms with Crippen LogP contribution >= 0.6 is 11.3 Å². The average molecular weight is 327 g/mol. The smallest absolute Gasteiger partial charge is 0.269 e. The lowest BCUT2D eigenvalue weighted by molar-refractivity contribution is -0.384. The van der Waals surface area contributed by atoms with E-state index in [1.54, 1.807) is 12.1 Å². The molecule has 0 atom stereocenters. The Kier molecular flexibility index (Phi) is 4.20. The van der Waals surface area contributed by atoms with Crippen LogP contribution in [0.15, 0.2) is 53.9 Å². The van der Waals surface area contributed by atoms with E-state index in [9.17, 15) is 10.1 Å². The molecule has 0 aliphatic rings. The van der Waals surface area contributed by atoms with E-state index in [0.717, 1.165) is 16.8 Å². The molecule has 2 N–H and O–H groups in total. The van der Waals surface area contributed by atoms with Crippen LogP contribution in [0.1, 0.15) is 5.56 Å². The largest absolute Gasteiger partial charge is 0.488 e. The minimum absolute atomic E-state index is 0.0621. The fourth-order valence-electron chi connectivity index (χ4n) is 2.09. The number of nitrogens with two attached hydrogens (primary N) is 1. The highest BCUT2D eigenvalue weighted by atomic mass is 32.1. The normalized spacial score (nSPS) is 10.4. The second-order valence-electron chi connectivity index (χ2n) is 4.78. The number of rotatable bonds is 5. The maximum atomic E-state index is 10.7. The van der Waals surface area contributed by atoms with E-state index in [4.69, 9.17) is 10.5 Å². The second kappa shape index (κ2) is 6.45. The van der Waals surface area contributed by atoms with Gasteiger partial charge in [0.25, 0.3) is 5.69 Å². The minimum Gasteiger partial charge on any atom is -0.488 e. The zero-order chi connectivity index (χ0) is 16.2. The van der Waals surface area contributed by atoms with Gasteiger partial charge in [0.1, 0.15) is 12.4 Å². The Bertz CT molecular complexity index is 831. The fourth-order valence-corrected chi connectivity index (χ4v) is 2.65. The first-order valence-corrected chi connectivity index (χ1v) is 7.68. The molecule has 0 spiro atoms. The van der Waals surface area contributed by atoms with Gasteiger partial charge in [0.15, 0.2) is 5.13 Å². The number of nitro groups is 1. The van der Waals surface area contributed by atoms with Crippen molar-refractivity contribution in [3.05, 3.63) is 69.6 Å². The molecule has 0 saturated heterocycles. The van der Waals surface area contributed by atoms with E-state index in [1.165, 1.54) is 23.5 Å². The third-order valence-electron chi connectivity index (χ3n) is 3.23. The SMILES string of the molecule is Nc1nc(-c2ccccc2OCc2ccc([N+](=O)[O-])cc2)cs1. The van der Waals surface area contributed by atoms with Crippen LogP contribution in [0.2, 0.25) is 0 Å². The molecule has 0 amide bonds. The molecule has 116 valence electrons. The van der Waals surface area contributed by atoms with Crippen molar-refractivity contribution in [3.8, 4) is 17.0 Å². The summed E-state index contributed by atoms with van der Waals surface area (Å²) in [5, 5.41) is 13.0. The number of nitrogens with zero attached hydrogens (tertiary/aromatic N) is 2. The molecule has 23 heavy (non-hydrogen) atoms. The number of hydrogen-bond acceptors (Lipinski definition) is 6. The van der Waals surface area contributed by atoms with E-state index in [2.05, 4.69) is 4.98 Å². The molecule has 0 fully saturated rings. The van der Waals surface area contributed by atoms with Crippen LogP contribution in [0.25, 0.3) is 11.3 Å². The lowest BCUT2D eigenvalue weighted by Crippen LogP contribution is -1.97. The minimum atomic E-state index is -0.424. The Morgan fingerprint density at radius 2 is 1.91 bits per heavy atom. The first-order chi connectivity index (χ1) is 11.1. The molecule has 1 aromatic heterocycles. The third-order valence-corrected chi connectivity index (χ3v) is 3.90. The van der Waals surface area contributed by atoms with Crippen LogP contribution < -0.4 is 10.5 Å². The molecule has 3 aromatic rings. The van der Waals surface area contributed by atoms with Crippen molar-refractivity contribution in [2.45, 2.75) is 6.61 Å². The zero-order valence-corrected chi connectivity index (χ0v) is 12.8. The number of nitro benzene ring substituents is 1. The predicted octanol–water partition coefficient (Wildman–Crippen LogP) is 3.88. The maximum Gasteiger partial charge on any atom is 0.269 e. The lowest BCUT2D eigenvalue weighted by atomic mass is 10.1. The van der Waals surface area contributed by atoms with Crippen LogP contribution in [0, 0.1) is 10.1 Å². The van der Waals surface area contributed by atoms with Crippen molar-refractivity contribution in [1.82, 2.24) is 4.98 Å². The summed E-state index contributed by atoms with van der Waals surface area (Å²) in [7, 11) is 0. The molecular weight excluding hydrogens is 314 g/mol. The lowest BCUT2D eigenvalue weighted by Gasteiger charge is -2.10. The summed E-state index contributed by atoms with van der Waals surface area (Å²) in [6.07, 6.45) is 0. The third kappa shape index (κ3) is 3.46. The van der Waals surface area contributed by atoms with Crippen LogP contribution in [-0.2, 0) is 6.61 Å². The van der Waals surface area contributed by atoms with Gasteiger partial charge in [-0.25, -0.2) is 4.98 Å². The Hall–Kier alpha value is -2.93. The number of thiazole rings is 1. The van der Waals surface area contributed by atoms with Gasteiger partial charge in [-0.2, -0.15) is 0 Å². The first-order valence-electron chi connectivity index (χ1n) is 6.80. The zero-order valence-electron chi connectivity index (χ0n) is 12.0.